The average Bonchev–Trinajstić information content (AvgIpc) is 2.63. The Kier molecular flexibility index (Phi) is 4.99. The Balaban J connectivity index is 1.97. The smallest absolute Gasteiger partial charge is 0.366 e. The second kappa shape index (κ2) is 7.20. The second-order valence-electron chi connectivity index (χ2n) is 5.62. The molecule has 1 unspecified atom stereocenters. The van der Waals surface area contributed by atoms with Crippen molar-refractivity contribution in [3.05, 3.63) is 56.5 Å². The van der Waals surface area contributed by atoms with Crippen molar-refractivity contribution in [2.24, 2.45) is 0 Å². The van der Waals surface area contributed by atoms with Crippen molar-refractivity contribution in [1.29, 1.82) is 0 Å². The van der Waals surface area contributed by atoms with E-state index in [0.717, 1.165) is 9.37 Å². The Labute approximate surface area is 157 Å². The maximum Gasteiger partial charge on any atom is 0.366 e. The van der Waals surface area contributed by atoms with Crippen LogP contribution in [0.15, 0.2) is 40.9 Å². The third-order valence-electron chi connectivity index (χ3n) is 3.92. The molecule has 26 heavy (non-hydrogen) atoms. The molecule has 134 valence electrons. The summed E-state index contributed by atoms with van der Waals surface area (Å²) >= 11 is 3.30. The van der Waals surface area contributed by atoms with Crippen molar-refractivity contribution in [1.82, 2.24) is 4.98 Å². The Bertz CT molecular complexity index is 884. The second-order valence-corrected chi connectivity index (χ2v) is 6.53. The lowest BCUT2D eigenvalue weighted by molar-refractivity contribution is -0.389. The van der Waals surface area contributed by atoms with Crippen molar-refractivity contribution in [3.63, 3.8) is 0 Å². The number of pyridine rings is 1. The number of carbonyl (C=O) groups excluding carboxylic acids is 2. The van der Waals surface area contributed by atoms with E-state index in [-0.39, 0.29) is 23.9 Å². The van der Waals surface area contributed by atoms with Crippen LogP contribution in [0.1, 0.15) is 23.7 Å². The number of halogens is 1. The molecular weight excluding hydrogens is 406 g/mol. The predicted molar refractivity (Wildman–Crippen MR) is 96.4 cm³/mol. The van der Waals surface area contributed by atoms with Crippen molar-refractivity contribution in [3.8, 4) is 5.75 Å². The van der Waals surface area contributed by atoms with Gasteiger partial charge in [-0.2, -0.15) is 0 Å². The number of hydrogen-bond acceptors (Lipinski definition) is 6. The van der Waals surface area contributed by atoms with E-state index >= 15 is 0 Å². The van der Waals surface area contributed by atoms with Gasteiger partial charge in [-0.05, 0) is 34.5 Å². The van der Waals surface area contributed by atoms with Crippen LogP contribution in [0.3, 0.4) is 0 Å². The van der Waals surface area contributed by atoms with Crippen LogP contribution in [0.5, 0.6) is 5.75 Å². The molecule has 1 aliphatic heterocycles. The van der Waals surface area contributed by atoms with Gasteiger partial charge in [-0.1, -0.05) is 35.0 Å². The Hall–Kier alpha value is -2.81. The summed E-state index contributed by atoms with van der Waals surface area (Å²) in [6.45, 7) is 1.50. The van der Waals surface area contributed by atoms with Crippen molar-refractivity contribution in [2.75, 3.05) is 11.4 Å². The van der Waals surface area contributed by atoms with E-state index in [1.165, 1.54) is 12.1 Å². The van der Waals surface area contributed by atoms with Gasteiger partial charge in [-0.3, -0.25) is 14.5 Å². The first-order chi connectivity index (χ1) is 12.4. The van der Waals surface area contributed by atoms with E-state index in [1.54, 1.807) is 31.2 Å². The van der Waals surface area contributed by atoms with Gasteiger partial charge in [0.05, 0.1) is 6.54 Å². The number of nitro groups is 1. The standard InChI is InChI=1S/C17H14BrN3O5/c1-2-13-17(23)20(9-12(22)10-3-5-11(18)6-4-10)16-14(26-13)7-8-15(19-16)21(24)25/h3-8,13H,2,9H2,1H3. The molecule has 1 amide bonds. The molecule has 2 heterocycles. The normalized spacial score (nSPS) is 16.0. The van der Waals surface area contributed by atoms with Gasteiger partial charge in [0, 0.05) is 16.1 Å². The SMILES string of the molecule is CCC1Oc2ccc([N+](=O)[O-])nc2N(CC(=O)c2ccc(Br)cc2)C1=O. The molecule has 0 saturated heterocycles. The molecule has 1 aliphatic rings. The summed E-state index contributed by atoms with van der Waals surface area (Å²) in [5.41, 5.74) is 0.424. The van der Waals surface area contributed by atoms with Gasteiger partial charge in [0.15, 0.2) is 17.6 Å². The number of anilines is 1. The molecule has 8 nitrogen and oxygen atoms in total. The van der Waals surface area contributed by atoms with Crippen LogP contribution in [0, 0.1) is 10.1 Å². The Morgan fingerprint density at radius 2 is 2.00 bits per heavy atom. The van der Waals surface area contributed by atoms with Crippen LogP contribution in [-0.2, 0) is 4.79 Å². The van der Waals surface area contributed by atoms with E-state index in [9.17, 15) is 19.7 Å². The van der Waals surface area contributed by atoms with Crippen LogP contribution in [-0.4, -0.2) is 34.2 Å². The largest absolute Gasteiger partial charge is 0.474 e. The number of carbonyl (C=O) groups is 2. The predicted octanol–water partition coefficient (Wildman–Crippen LogP) is 3.14. The van der Waals surface area contributed by atoms with Crippen LogP contribution in [0.25, 0.3) is 0 Å². The molecule has 1 atom stereocenters. The summed E-state index contributed by atoms with van der Waals surface area (Å²) in [4.78, 5) is 40.6. The minimum atomic E-state index is -0.761. The summed E-state index contributed by atoms with van der Waals surface area (Å²) in [6.07, 6.45) is -0.360. The molecule has 1 aromatic carbocycles. The zero-order chi connectivity index (χ0) is 18.8. The molecule has 0 spiro atoms. The fraction of sp³-hybridized carbons (Fsp3) is 0.235. The van der Waals surface area contributed by atoms with E-state index in [0.29, 0.717) is 12.0 Å². The van der Waals surface area contributed by atoms with Crippen LogP contribution in [0.2, 0.25) is 0 Å². The van der Waals surface area contributed by atoms with Gasteiger partial charge in [0.2, 0.25) is 0 Å². The first kappa shape index (κ1) is 18.0. The van der Waals surface area contributed by atoms with E-state index in [1.807, 2.05) is 0 Å². The number of Topliss-reactive ketones (excluding diaryl/α,β-unsaturated/α-hetero) is 1. The van der Waals surface area contributed by atoms with Gasteiger partial charge < -0.3 is 14.9 Å². The van der Waals surface area contributed by atoms with Gasteiger partial charge in [0.25, 0.3) is 11.7 Å². The Morgan fingerprint density at radius 1 is 1.31 bits per heavy atom. The molecule has 0 fully saturated rings. The minimum absolute atomic E-state index is 0.0145. The molecule has 0 aliphatic carbocycles. The molecule has 2 aromatic rings. The van der Waals surface area contributed by atoms with Crippen LogP contribution < -0.4 is 9.64 Å². The molecule has 3 rings (SSSR count). The summed E-state index contributed by atoms with van der Waals surface area (Å²) in [6, 6.07) is 9.32. The lowest BCUT2D eigenvalue weighted by Crippen LogP contribution is -2.48. The fourth-order valence-electron chi connectivity index (χ4n) is 2.58. The van der Waals surface area contributed by atoms with E-state index in [2.05, 4.69) is 20.9 Å². The van der Waals surface area contributed by atoms with Crippen LogP contribution >= 0.6 is 15.9 Å². The zero-order valence-corrected chi connectivity index (χ0v) is 15.3. The summed E-state index contributed by atoms with van der Waals surface area (Å²) in [5.74, 6) is -0.943. The topological polar surface area (TPSA) is 103 Å². The van der Waals surface area contributed by atoms with E-state index in [4.69, 9.17) is 4.74 Å². The number of rotatable bonds is 5. The highest BCUT2D eigenvalue weighted by Crippen LogP contribution is 2.34. The monoisotopic (exact) mass is 419 g/mol. The molecule has 0 saturated carbocycles. The third kappa shape index (κ3) is 3.43. The maximum atomic E-state index is 12.7. The number of aromatic nitrogens is 1. The molecule has 0 radical (unpaired) electrons. The number of benzene rings is 1. The minimum Gasteiger partial charge on any atom is -0.474 e. The van der Waals surface area contributed by atoms with Crippen LogP contribution in [0.4, 0.5) is 11.6 Å². The van der Waals surface area contributed by atoms with Gasteiger partial charge in [0.1, 0.15) is 0 Å². The summed E-state index contributed by atoms with van der Waals surface area (Å²) in [5, 5.41) is 11.0. The quantitative estimate of drug-likeness (QED) is 0.418. The van der Waals surface area contributed by atoms with Gasteiger partial charge in [-0.25, -0.2) is 0 Å². The zero-order valence-electron chi connectivity index (χ0n) is 13.7. The number of fused-ring (bicyclic) bond motifs is 1. The fourth-order valence-corrected chi connectivity index (χ4v) is 2.84. The van der Waals surface area contributed by atoms with Crippen molar-refractivity contribution in [2.45, 2.75) is 19.4 Å². The number of hydrogen-bond donors (Lipinski definition) is 0. The lowest BCUT2D eigenvalue weighted by Gasteiger charge is -2.30. The van der Waals surface area contributed by atoms with E-state index < -0.39 is 22.8 Å². The number of amides is 1. The average molecular weight is 420 g/mol. The molecule has 0 N–H and O–H groups in total. The highest BCUT2D eigenvalue weighted by atomic mass is 79.9. The molecule has 1 aromatic heterocycles. The Morgan fingerprint density at radius 3 is 2.62 bits per heavy atom. The van der Waals surface area contributed by atoms with Crippen molar-refractivity contribution < 1.29 is 19.2 Å². The first-order valence-electron chi connectivity index (χ1n) is 7.83. The number of ether oxygens (including phenoxy) is 1. The number of nitrogens with zero attached hydrogens (tertiary/aromatic N) is 3. The van der Waals surface area contributed by atoms with Crippen molar-refractivity contribution >= 4 is 39.3 Å². The highest BCUT2D eigenvalue weighted by molar-refractivity contribution is 9.10. The molecule has 9 heteroatoms. The van der Waals surface area contributed by atoms with Gasteiger partial charge >= 0.3 is 5.82 Å². The maximum absolute atomic E-state index is 12.7. The molecular formula is C17H14BrN3O5. The highest BCUT2D eigenvalue weighted by Gasteiger charge is 2.39. The molecule has 0 bridgehead atoms. The summed E-state index contributed by atoms with van der Waals surface area (Å²) < 4.78 is 6.39. The third-order valence-corrected chi connectivity index (χ3v) is 4.45. The van der Waals surface area contributed by atoms with Gasteiger partial charge in [-0.15, -0.1) is 0 Å². The number of ketones is 1. The lowest BCUT2D eigenvalue weighted by atomic mass is 10.1. The summed E-state index contributed by atoms with van der Waals surface area (Å²) in [7, 11) is 0. The first-order valence-corrected chi connectivity index (χ1v) is 8.62.